The molecule has 0 bridgehead atoms. The Morgan fingerprint density at radius 2 is 2.17 bits per heavy atom. The van der Waals surface area contributed by atoms with Crippen molar-refractivity contribution in [2.24, 2.45) is 0 Å². The van der Waals surface area contributed by atoms with E-state index in [4.69, 9.17) is 5.11 Å². The number of amides is 1. The van der Waals surface area contributed by atoms with E-state index in [-0.39, 0.29) is 11.7 Å². The van der Waals surface area contributed by atoms with Gasteiger partial charge in [-0.3, -0.25) is 4.79 Å². The number of nitrogens with zero attached hydrogens (tertiary/aromatic N) is 2. The van der Waals surface area contributed by atoms with Crippen molar-refractivity contribution >= 4 is 23.2 Å². The summed E-state index contributed by atoms with van der Waals surface area (Å²) in [7, 11) is 0. The first-order valence-electron chi connectivity index (χ1n) is 7.28. The summed E-state index contributed by atoms with van der Waals surface area (Å²) in [6, 6.07) is 5.67. The number of aliphatic carboxylic acids is 1. The third kappa shape index (κ3) is 3.24. The maximum Gasteiger partial charge on any atom is 0.326 e. The molecule has 3 rings (SSSR count). The van der Waals surface area contributed by atoms with E-state index in [0.29, 0.717) is 41.3 Å². The standard InChI is InChI=1S/C16H15FN2O3S/c17-11-5-2-1-4-10(11)8-14-18-9-13(23-14)15(20)19-7-3-6-12(19)16(21)22/h1-2,4-5,9,12H,3,6-8H2,(H,21,22)/t12-/m1/s1. The van der Waals surface area contributed by atoms with Gasteiger partial charge in [0.25, 0.3) is 5.91 Å². The predicted octanol–water partition coefficient (Wildman–Crippen LogP) is 2.56. The Morgan fingerprint density at radius 1 is 1.39 bits per heavy atom. The lowest BCUT2D eigenvalue weighted by Crippen LogP contribution is -2.40. The molecule has 0 aliphatic carbocycles. The number of rotatable bonds is 4. The van der Waals surface area contributed by atoms with Gasteiger partial charge in [0.1, 0.15) is 16.7 Å². The molecule has 7 heteroatoms. The number of hydrogen-bond acceptors (Lipinski definition) is 4. The molecule has 1 aliphatic rings. The summed E-state index contributed by atoms with van der Waals surface area (Å²) in [6.07, 6.45) is 2.92. The van der Waals surface area contributed by atoms with Crippen molar-refractivity contribution in [1.82, 2.24) is 9.88 Å². The normalized spacial score (nSPS) is 17.4. The minimum Gasteiger partial charge on any atom is -0.480 e. The summed E-state index contributed by atoms with van der Waals surface area (Å²) in [6.45, 7) is 0.441. The second kappa shape index (κ2) is 6.45. The fourth-order valence-corrected chi connectivity index (χ4v) is 3.60. The van der Waals surface area contributed by atoms with Crippen LogP contribution in [0.3, 0.4) is 0 Å². The number of carbonyl (C=O) groups excluding carboxylic acids is 1. The van der Waals surface area contributed by atoms with Gasteiger partial charge >= 0.3 is 5.97 Å². The summed E-state index contributed by atoms with van der Waals surface area (Å²) in [5, 5.41) is 9.79. The number of carbonyl (C=O) groups is 2. The second-order valence-electron chi connectivity index (χ2n) is 5.38. The minimum absolute atomic E-state index is 0.305. The van der Waals surface area contributed by atoms with E-state index in [0.717, 1.165) is 0 Å². The molecule has 2 heterocycles. The number of aromatic nitrogens is 1. The average Bonchev–Trinajstić information content (AvgIpc) is 3.18. The van der Waals surface area contributed by atoms with Crippen LogP contribution in [0.15, 0.2) is 30.5 Å². The lowest BCUT2D eigenvalue weighted by molar-refractivity contribution is -0.141. The maximum atomic E-state index is 13.7. The summed E-state index contributed by atoms with van der Waals surface area (Å²) in [4.78, 5) is 29.6. The van der Waals surface area contributed by atoms with Gasteiger partial charge in [0, 0.05) is 13.0 Å². The molecule has 1 fully saturated rings. The SMILES string of the molecule is O=C(O)[C@H]1CCCN1C(=O)c1cnc(Cc2ccccc2F)s1. The van der Waals surface area contributed by atoms with E-state index in [9.17, 15) is 14.0 Å². The molecular weight excluding hydrogens is 319 g/mol. The van der Waals surface area contributed by atoms with Gasteiger partial charge in [0.05, 0.1) is 11.2 Å². The Labute approximate surface area is 136 Å². The van der Waals surface area contributed by atoms with Gasteiger partial charge in [0.2, 0.25) is 0 Å². The van der Waals surface area contributed by atoms with Crippen LogP contribution in [0.1, 0.15) is 33.1 Å². The van der Waals surface area contributed by atoms with Crippen LogP contribution in [-0.2, 0) is 11.2 Å². The fourth-order valence-electron chi connectivity index (χ4n) is 2.70. The Morgan fingerprint density at radius 3 is 2.91 bits per heavy atom. The summed E-state index contributed by atoms with van der Waals surface area (Å²) in [5.41, 5.74) is 0.519. The monoisotopic (exact) mass is 334 g/mol. The van der Waals surface area contributed by atoms with Gasteiger partial charge in [0.15, 0.2) is 0 Å². The molecule has 2 aromatic rings. The molecule has 0 spiro atoms. The first-order valence-corrected chi connectivity index (χ1v) is 8.10. The van der Waals surface area contributed by atoms with Crippen LogP contribution in [0.25, 0.3) is 0 Å². The Kier molecular flexibility index (Phi) is 4.38. The summed E-state index contributed by atoms with van der Waals surface area (Å²) >= 11 is 1.18. The lowest BCUT2D eigenvalue weighted by Gasteiger charge is -2.20. The molecule has 5 nitrogen and oxygen atoms in total. The highest BCUT2D eigenvalue weighted by Gasteiger charge is 2.35. The summed E-state index contributed by atoms with van der Waals surface area (Å²) in [5.74, 6) is -1.60. The minimum atomic E-state index is -0.980. The highest BCUT2D eigenvalue weighted by molar-refractivity contribution is 7.13. The molecule has 0 saturated carbocycles. The fraction of sp³-hybridized carbons (Fsp3) is 0.312. The van der Waals surface area contributed by atoms with Crippen LogP contribution in [0.4, 0.5) is 4.39 Å². The van der Waals surface area contributed by atoms with Gasteiger partial charge in [-0.15, -0.1) is 11.3 Å². The van der Waals surface area contributed by atoms with Gasteiger partial charge in [-0.05, 0) is 24.5 Å². The van der Waals surface area contributed by atoms with E-state index < -0.39 is 12.0 Å². The van der Waals surface area contributed by atoms with Crippen molar-refractivity contribution in [1.29, 1.82) is 0 Å². The third-order valence-electron chi connectivity index (χ3n) is 3.86. The first kappa shape index (κ1) is 15.6. The van der Waals surface area contributed by atoms with E-state index in [1.54, 1.807) is 18.2 Å². The predicted molar refractivity (Wildman–Crippen MR) is 83.0 cm³/mol. The number of halogens is 1. The first-order chi connectivity index (χ1) is 11.1. The third-order valence-corrected chi connectivity index (χ3v) is 4.85. The van der Waals surface area contributed by atoms with E-state index in [2.05, 4.69) is 4.98 Å². The van der Waals surface area contributed by atoms with Gasteiger partial charge in [-0.25, -0.2) is 14.2 Å². The van der Waals surface area contributed by atoms with Crippen molar-refractivity contribution in [2.45, 2.75) is 25.3 Å². The van der Waals surface area contributed by atoms with Crippen LogP contribution in [0.5, 0.6) is 0 Å². The zero-order chi connectivity index (χ0) is 16.4. The molecule has 1 N–H and O–H groups in total. The number of carboxylic acid groups (broad SMARTS) is 1. The topological polar surface area (TPSA) is 70.5 Å². The number of thiazole rings is 1. The quantitative estimate of drug-likeness (QED) is 0.933. The molecule has 1 amide bonds. The Balaban J connectivity index is 1.75. The number of hydrogen-bond donors (Lipinski definition) is 1. The van der Waals surface area contributed by atoms with Gasteiger partial charge in [-0.1, -0.05) is 18.2 Å². The molecule has 23 heavy (non-hydrogen) atoms. The van der Waals surface area contributed by atoms with Crippen LogP contribution in [0, 0.1) is 5.82 Å². The van der Waals surface area contributed by atoms with Crippen LogP contribution in [-0.4, -0.2) is 39.5 Å². The number of likely N-dealkylation sites (tertiary alicyclic amines) is 1. The lowest BCUT2D eigenvalue weighted by atomic mass is 10.1. The zero-order valence-corrected chi connectivity index (χ0v) is 13.1. The maximum absolute atomic E-state index is 13.7. The molecule has 1 atom stereocenters. The second-order valence-corrected chi connectivity index (χ2v) is 6.50. The smallest absolute Gasteiger partial charge is 0.326 e. The number of benzene rings is 1. The average molecular weight is 334 g/mol. The van der Waals surface area contributed by atoms with Gasteiger partial charge < -0.3 is 10.0 Å². The Bertz CT molecular complexity index is 746. The van der Waals surface area contributed by atoms with Crippen molar-refractivity contribution < 1.29 is 19.1 Å². The van der Waals surface area contributed by atoms with Crippen LogP contribution in [0.2, 0.25) is 0 Å². The molecule has 1 saturated heterocycles. The van der Waals surface area contributed by atoms with E-state index >= 15 is 0 Å². The van der Waals surface area contributed by atoms with Gasteiger partial charge in [-0.2, -0.15) is 0 Å². The molecule has 0 unspecified atom stereocenters. The Hall–Kier alpha value is -2.28. The summed E-state index contributed by atoms with van der Waals surface area (Å²) < 4.78 is 13.7. The molecule has 120 valence electrons. The van der Waals surface area contributed by atoms with Crippen molar-refractivity contribution in [3.05, 3.63) is 51.7 Å². The van der Waals surface area contributed by atoms with E-state index in [1.165, 1.54) is 28.5 Å². The highest BCUT2D eigenvalue weighted by atomic mass is 32.1. The van der Waals surface area contributed by atoms with Crippen molar-refractivity contribution in [2.75, 3.05) is 6.54 Å². The van der Waals surface area contributed by atoms with E-state index in [1.807, 2.05) is 0 Å². The van der Waals surface area contributed by atoms with Crippen LogP contribution >= 0.6 is 11.3 Å². The zero-order valence-electron chi connectivity index (χ0n) is 12.2. The number of carboxylic acids is 1. The molecule has 1 aromatic carbocycles. The molecule has 1 aliphatic heterocycles. The molecular formula is C16H15FN2O3S. The van der Waals surface area contributed by atoms with Crippen molar-refractivity contribution in [3.63, 3.8) is 0 Å². The van der Waals surface area contributed by atoms with Crippen molar-refractivity contribution in [3.8, 4) is 0 Å². The molecule has 1 aromatic heterocycles. The molecule has 0 radical (unpaired) electrons. The largest absolute Gasteiger partial charge is 0.480 e. The highest BCUT2D eigenvalue weighted by Crippen LogP contribution is 2.24. The van der Waals surface area contributed by atoms with Crippen LogP contribution < -0.4 is 0 Å².